The van der Waals surface area contributed by atoms with E-state index in [1.165, 1.54) is 18.2 Å². The molecule has 2 amide bonds. The van der Waals surface area contributed by atoms with Crippen LogP contribution in [0.5, 0.6) is 0 Å². The van der Waals surface area contributed by atoms with Gasteiger partial charge in [0.2, 0.25) is 11.8 Å². The number of amides is 2. The van der Waals surface area contributed by atoms with Crippen molar-refractivity contribution >= 4 is 39.1 Å². The molecule has 0 radical (unpaired) electrons. The summed E-state index contributed by atoms with van der Waals surface area (Å²) in [5.41, 5.74) is 0.857. The summed E-state index contributed by atoms with van der Waals surface area (Å²) in [5, 5.41) is 10.6. The van der Waals surface area contributed by atoms with E-state index in [9.17, 15) is 19.7 Å². The molecule has 1 aliphatic heterocycles. The van der Waals surface area contributed by atoms with E-state index in [-0.39, 0.29) is 23.9 Å². The normalized spacial score (nSPS) is 19.4. The number of rotatable bonds is 2. The van der Waals surface area contributed by atoms with E-state index in [1.807, 2.05) is 0 Å². The quantitative estimate of drug-likeness (QED) is 0.362. The molecule has 7 heteroatoms. The van der Waals surface area contributed by atoms with Crippen LogP contribution >= 0.6 is 15.9 Å². The Labute approximate surface area is 111 Å². The summed E-state index contributed by atoms with van der Waals surface area (Å²) < 4.78 is 0. The number of aryl methyl sites for hydroxylation is 1. The van der Waals surface area contributed by atoms with Gasteiger partial charge in [0.05, 0.1) is 10.6 Å². The standard InChI is InChI=1S/C11H9BrN2O4/c1-6-4-7(14(17)18)2-3-9(6)13-10(15)5-8(12)11(13)16/h2-4,8H,5H2,1H3. The molecule has 0 saturated carbocycles. The fourth-order valence-electron chi connectivity index (χ4n) is 1.85. The van der Waals surface area contributed by atoms with Crippen LogP contribution in [-0.2, 0) is 9.59 Å². The summed E-state index contributed by atoms with van der Waals surface area (Å²) in [6, 6.07) is 4.05. The number of benzene rings is 1. The van der Waals surface area contributed by atoms with E-state index in [1.54, 1.807) is 6.92 Å². The molecule has 0 aliphatic carbocycles. The Kier molecular flexibility index (Phi) is 3.16. The van der Waals surface area contributed by atoms with Crippen LogP contribution in [0.15, 0.2) is 18.2 Å². The first-order chi connectivity index (χ1) is 8.41. The SMILES string of the molecule is Cc1cc([N+](=O)[O-])ccc1N1C(=O)CC(Br)C1=O. The molecule has 1 aliphatic rings. The number of halogens is 1. The van der Waals surface area contributed by atoms with Crippen LogP contribution in [0.2, 0.25) is 0 Å². The number of imide groups is 1. The van der Waals surface area contributed by atoms with Crippen molar-refractivity contribution in [2.45, 2.75) is 18.2 Å². The molecule has 1 heterocycles. The maximum absolute atomic E-state index is 11.8. The number of nitro benzene ring substituents is 1. The van der Waals surface area contributed by atoms with E-state index in [2.05, 4.69) is 15.9 Å². The topological polar surface area (TPSA) is 80.5 Å². The Morgan fingerprint density at radius 1 is 1.44 bits per heavy atom. The highest BCUT2D eigenvalue weighted by Gasteiger charge is 2.38. The van der Waals surface area contributed by atoms with Crippen LogP contribution < -0.4 is 4.90 Å². The van der Waals surface area contributed by atoms with Crippen LogP contribution in [-0.4, -0.2) is 21.6 Å². The maximum Gasteiger partial charge on any atom is 0.269 e. The Bertz CT molecular complexity index is 558. The number of carbonyl (C=O) groups excluding carboxylic acids is 2. The van der Waals surface area contributed by atoms with Crippen LogP contribution in [0.4, 0.5) is 11.4 Å². The first-order valence-electron chi connectivity index (χ1n) is 5.17. The summed E-state index contributed by atoms with van der Waals surface area (Å²) in [6.07, 6.45) is 0.106. The molecular formula is C11H9BrN2O4. The summed E-state index contributed by atoms with van der Waals surface area (Å²) >= 11 is 3.12. The highest BCUT2D eigenvalue weighted by Crippen LogP contribution is 2.30. The van der Waals surface area contributed by atoms with Crippen LogP contribution in [0.3, 0.4) is 0 Å². The van der Waals surface area contributed by atoms with Gasteiger partial charge < -0.3 is 0 Å². The molecule has 1 fully saturated rings. The van der Waals surface area contributed by atoms with Gasteiger partial charge in [0.25, 0.3) is 5.69 Å². The van der Waals surface area contributed by atoms with E-state index in [0.717, 1.165) is 4.90 Å². The van der Waals surface area contributed by atoms with E-state index in [0.29, 0.717) is 11.3 Å². The number of hydrogen-bond acceptors (Lipinski definition) is 4. The molecule has 1 aromatic carbocycles. The van der Waals surface area contributed by atoms with Crippen molar-refractivity contribution in [2.24, 2.45) is 0 Å². The Morgan fingerprint density at radius 3 is 2.56 bits per heavy atom. The third kappa shape index (κ3) is 2.01. The number of nitrogens with zero attached hydrogens (tertiary/aromatic N) is 2. The fourth-order valence-corrected chi connectivity index (χ4v) is 2.33. The smallest absolute Gasteiger partial charge is 0.269 e. The van der Waals surface area contributed by atoms with Crippen molar-refractivity contribution in [3.63, 3.8) is 0 Å². The van der Waals surface area contributed by atoms with Crippen molar-refractivity contribution in [1.82, 2.24) is 0 Å². The Morgan fingerprint density at radius 2 is 2.11 bits per heavy atom. The highest BCUT2D eigenvalue weighted by molar-refractivity contribution is 9.10. The van der Waals surface area contributed by atoms with E-state index < -0.39 is 9.75 Å². The molecule has 0 aromatic heterocycles. The lowest BCUT2D eigenvalue weighted by molar-refractivity contribution is -0.384. The zero-order valence-electron chi connectivity index (χ0n) is 9.42. The minimum atomic E-state index is -0.516. The molecule has 0 N–H and O–H groups in total. The van der Waals surface area contributed by atoms with Crippen molar-refractivity contribution < 1.29 is 14.5 Å². The Balaban J connectivity index is 2.43. The van der Waals surface area contributed by atoms with Crippen LogP contribution in [0.25, 0.3) is 0 Å². The molecule has 1 aromatic rings. The highest BCUT2D eigenvalue weighted by atomic mass is 79.9. The molecule has 1 atom stereocenters. The molecule has 1 unspecified atom stereocenters. The molecule has 0 bridgehead atoms. The molecule has 18 heavy (non-hydrogen) atoms. The molecule has 0 spiro atoms. The lowest BCUT2D eigenvalue weighted by Gasteiger charge is -2.16. The third-order valence-electron chi connectivity index (χ3n) is 2.72. The predicted octanol–water partition coefficient (Wildman–Crippen LogP) is 1.93. The summed E-state index contributed by atoms with van der Waals surface area (Å²) in [6.45, 7) is 1.63. The van der Waals surface area contributed by atoms with Gasteiger partial charge in [-0.2, -0.15) is 0 Å². The van der Waals surface area contributed by atoms with Gasteiger partial charge in [-0.05, 0) is 18.6 Å². The zero-order chi connectivity index (χ0) is 13.4. The van der Waals surface area contributed by atoms with E-state index in [4.69, 9.17) is 0 Å². The summed E-state index contributed by atoms with van der Waals surface area (Å²) in [5.74, 6) is -0.643. The Hall–Kier alpha value is -1.76. The van der Waals surface area contributed by atoms with Crippen molar-refractivity contribution in [3.8, 4) is 0 Å². The monoisotopic (exact) mass is 312 g/mol. The largest absolute Gasteiger partial charge is 0.274 e. The minimum absolute atomic E-state index is 0.0641. The zero-order valence-corrected chi connectivity index (χ0v) is 11.0. The summed E-state index contributed by atoms with van der Waals surface area (Å²) in [4.78, 5) is 34.2. The van der Waals surface area contributed by atoms with Gasteiger partial charge in [-0.25, -0.2) is 4.90 Å². The number of hydrogen-bond donors (Lipinski definition) is 0. The number of anilines is 1. The van der Waals surface area contributed by atoms with Gasteiger partial charge in [0.1, 0.15) is 4.83 Å². The average Bonchev–Trinajstić information content (AvgIpc) is 2.54. The van der Waals surface area contributed by atoms with Gasteiger partial charge in [0, 0.05) is 18.6 Å². The molecule has 2 rings (SSSR count). The molecule has 6 nitrogen and oxygen atoms in total. The van der Waals surface area contributed by atoms with Crippen molar-refractivity contribution in [2.75, 3.05) is 4.90 Å². The van der Waals surface area contributed by atoms with Gasteiger partial charge in [-0.1, -0.05) is 15.9 Å². The van der Waals surface area contributed by atoms with Crippen LogP contribution in [0.1, 0.15) is 12.0 Å². The second kappa shape index (κ2) is 4.49. The van der Waals surface area contributed by atoms with Gasteiger partial charge in [0.15, 0.2) is 0 Å². The van der Waals surface area contributed by atoms with Gasteiger partial charge in [-0.3, -0.25) is 19.7 Å². The second-order valence-electron chi connectivity index (χ2n) is 3.97. The lowest BCUT2D eigenvalue weighted by Crippen LogP contribution is -2.31. The maximum atomic E-state index is 11.8. The van der Waals surface area contributed by atoms with Gasteiger partial charge >= 0.3 is 0 Å². The first-order valence-corrected chi connectivity index (χ1v) is 6.09. The fraction of sp³-hybridized carbons (Fsp3) is 0.273. The molecular weight excluding hydrogens is 304 g/mol. The third-order valence-corrected chi connectivity index (χ3v) is 3.44. The average molecular weight is 313 g/mol. The lowest BCUT2D eigenvalue weighted by atomic mass is 10.1. The van der Waals surface area contributed by atoms with Gasteiger partial charge in [-0.15, -0.1) is 0 Å². The van der Waals surface area contributed by atoms with Crippen molar-refractivity contribution in [1.29, 1.82) is 0 Å². The second-order valence-corrected chi connectivity index (χ2v) is 5.07. The minimum Gasteiger partial charge on any atom is -0.274 e. The number of nitro groups is 1. The molecule has 94 valence electrons. The molecule has 1 saturated heterocycles. The van der Waals surface area contributed by atoms with E-state index >= 15 is 0 Å². The number of non-ortho nitro benzene ring substituents is 1. The first kappa shape index (κ1) is 12.7. The van der Waals surface area contributed by atoms with Crippen LogP contribution in [0, 0.1) is 17.0 Å². The number of alkyl halides is 1. The summed E-state index contributed by atoms with van der Waals surface area (Å²) in [7, 11) is 0. The predicted molar refractivity (Wildman–Crippen MR) is 67.7 cm³/mol. The number of carbonyl (C=O) groups is 2. The van der Waals surface area contributed by atoms with Crippen molar-refractivity contribution in [3.05, 3.63) is 33.9 Å².